The molecule has 7 nitrogen and oxygen atoms in total. The molecular weight excluding hydrogens is 320 g/mol. The van der Waals surface area contributed by atoms with Crippen molar-refractivity contribution in [3.8, 4) is 5.75 Å². The topological polar surface area (TPSA) is 78.5 Å². The van der Waals surface area contributed by atoms with Crippen molar-refractivity contribution in [1.29, 1.82) is 0 Å². The molecule has 7 heteroatoms. The number of carbonyl (C=O) groups is 1. The Morgan fingerprint density at radius 2 is 2.24 bits per heavy atom. The number of ether oxygens (including phenoxy) is 1. The van der Waals surface area contributed by atoms with Gasteiger partial charge in [-0.1, -0.05) is 0 Å². The molecule has 0 aliphatic carbocycles. The predicted molar refractivity (Wildman–Crippen MR) is 93.6 cm³/mol. The molecule has 1 fully saturated rings. The fourth-order valence-electron chi connectivity index (χ4n) is 2.90. The number of aromatic nitrogens is 2. The van der Waals surface area contributed by atoms with Crippen LogP contribution in [0.15, 0.2) is 41.5 Å². The van der Waals surface area contributed by atoms with Crippen molar-refractivity contribution in [2.24, 2.45) is 0 Å². The maximum absolute atomic E-state index is 12.5. The predicted octanol–water partition coefficient (Wildman–Crippen LogP) is 1.12. The number of rotatable bonds is 5. The highest BCUT2D eigenvalue weighted by Gasteiger charge is 2.28. The van der Waals surface area contributed by atoms with E-state index in [0.717, 1.165) is 24.4 Å². The molecule has 1 aliphatic heterocycles. The minimum Gasteiger partial charge on any atom is -0.488 e. The summed E-state index contributed by atoms with van der Waals surface area (Å²) in [6.07, 6.45) is 3.94. The van der Waals surface area contributed by atoms with Gasteiger partial charge in [0, 0.05) is 49.6 Å². The van der Waals surface area contributed by atoms with E-state index in [2.05, 4.69) is 9.97 Å². The second-order valence-electron chi connectivity index (χ2n) is 6.44. The molecule has 0 aromatic carbocycles. The summed E-state index contributed by atoms with van der Waals surface area (Å²) >= 11 is 0. The van der Waals surface area contributed by atoms with Crippen LogP contribution in [0.2, 0.25) is 0 Å². The molecule has 132 valence electrons. The van der Waals surface area contributed by atoms with Crippen molar-refractivity contribution < 1.29 is 9.53 Å². The Kier molecular flexibility index (Phi) is 5.14. The van der Waals surface area contributed by atoms with Gasteiger partial charge in [-0.3, -0.25) is 14.6 Å². The number of nitrogens with one attached hydrogen (secondary N) is 1. The van der Waals surface area contributed by atoms with E-state index in [9.17, 15) is 9.59 Å². The average Bonchev–Trinajstić information content (AvgIpc) is 3.02. The highest BCUT2D eigenvalue weighted by molar-refractivity contribution is 5.94. The number of hydrogen-bond donors (Lipinski definition) is 1. The summed E-state index contributed by atoms with van der Waals surface area (Å²) in [6, 6.07) is 6.71. The van der Waals surface area contributed by atoms with Gasteiger partial charge in [0.15, 0.2) is 0 Å². The van der Waals surface area contributed by atoms with E-state index >= 15 is 0 Å². The molecular formula is C18H22N4O3. The van der Waals surface area contributed by atoms with Crippen LogP contribution in [-0.4, -0.2) is 59.0 Å². The molecule has 1 N–H and O–H groups in total. The molecule has 3 heterocycles. The summed E-state index contributed by atoms with van der Waals surface area (Å²) in [5.41, 5.74) is 1.07. The normalized spacial score (nSPS) is 17.1. The number of aromatic amines is 1. The molecule has 1 amide bonds. The minimum absolute atomic E-state index is 0.0550. The zero-order valence-corrected chi connectivity index (χ0v) is 14.4. The summed E-state index contributed by atoms with van der Waals surface area (Å²) in [4.78, 5) is 34.4. The first-order valence-electron chi connectivity index (χ1n) is 8.25. The van der Waals surface area contributed by atoms with Gasteiger partial charge in [-0.2, -0.15) is 0 Å². The van der Waals surface area contributed by atoms with E-state index in [4.69, 9.17) is 4.74 Å². The van der Waals surface area contributed by atoms with Crippen molar-refractivity contribution in [3.05, 3.63) is 58.3 Å². The van der Waals surface area contributed by atoms with Crippen LogP contribution in [0.5, 0.6) is 5.75 Å². The number of nitrogens with zero attached hydrogens (tertiary/aromatic N) is 3. The Morgan fingerprint density at radius 1 is 1.40 bits per heavy atom. The van der Waals surface area contributed by atoms with Crippen LogP contribution in [0, 0.1) is 0 Å². The molecule has 0 radical (unpaired) electrons. The Morgan fingerprint density at radius 3 is 3.00 bits per heavy atom. The SMILES string of the molecule is CN(C)Cc1cc(OC2CCN(C(=O)c3cc[nH]c(=O)c3)C2)ccn1. The summed E-state index contributed by atoms with van der Waals surface area (Å²) in [7, 11) is 3.98. The van der Waals surface area contributed by atoms with E-state index in [1.807, 2.05) is 31.1 Å². The van der Waals surface area contributed by atoms with Gasteiger partial charge < -0.3 is 19.5 Å². The molecule has 25 heavy (non-hydrogen) atoms. The molecule has 1 saturated heterocycles. The van der Waals surface area contributed by atoms with Gasteiger partial charge in [0.05, 0.1) is 12.2 Å². The van der Waals surface area contributed by atoms with Crippen molar-refractivity contribution in [2.45, 2.75) is 19.1 Å². The first kappa shape index (κ1) is 17.2. The van der Waals surface area contributed by atoms with Crippen LogP contribution in [0.3, 0.4) is 0 Å². The quantitative estimate of drug-likeness (QED) is 0.881. The number of H-pyrrole nitrogens is 1. The van der Waals surface area contributed by atoms with Gasteiger partial charge in [0.25, 0.3) is 5.91 Å². The van der Waals surface area contributed by atoms with Crippen LogP contribution in [0.1, 0.15) is 22.5 Å². The molecule has 3 rings (SSSR count). The number of carbonyl (C=O) groups excluding carboxylic acids is 1. The number of amides is 1. The van der Waals surface area contributed by atoms with Crippen molar-refractivity contribution in [1.82, 2.24) is 19.8 Å². The second kappa shape index (κ2) is 7.48. The van der Waals surface area contributed by atoms with Gasteiger partial charge in [0.2, 0.25) is 5.56 Å². The lowest BCUT2D eigenvalue weighted by molar-refractivity contribution is 0.0772. The Labute approximate surface area is 146 Å². The summed E-state index contributed by atoms with van der Waals surface area (Å²) in [5, 5.41) is 0. The van der Waals surface area contributed by atoms with Crippen molar-refractivity contribution in [2.75, 3.05) is 27.2 Å². The third kappa shape index (κ3) is 4.45. The van der Waals surface area contributed by atoms with Crippen molar-refractivity contribution in [3.63, 3.8) is 0 Å². The van der Waals surface area contributed by atoms with Gasteiger partial charge in [-0.25, -0.2) is 0 Å². The van der Waals surface area contributed by atoms with Crippen LogP contribution in [0.25, 0.3) is 0 Å². The Hall–Kier alpha value is -2.67. The minimum atomic E-state index is -0.275. The molecule has 1 aliphatic rings. The number of hydrogen-bond acceptors (Lipinski definition) is 5. The maximum atomic E-state index is 12.5. The largest absolute Gasteiger partial charge is 0.488 e. The van der Waals surface area contributed by atoms with Crippen LogP contribution >= 0.6 is 0 Å². The van der Waals surface area contributed by atoms with Gasteiger partial charge >= 0.3 is 0 Å². The highest BCUT2D eigenvalue weighted by atomic mass is 16.5. The number of pyridine rings is 2. The summed E-state index contributed by atoms with van der Waals surface area (Å²) < 4.78 is 6.02. The third-order valence-corrected chi connectivity index (χ3v) is 4.02. The van der Waals surface area contributed by atoms with Gasteiger partial charge in [-0.05, 0) is 26.2 Å². The maximum Gasteiger partial charge on any atom is 0.254 e. The van der Waals surface area contributed by atoms with E-state index in [0.29, 0.717) is 18.7 Å². The monoisotopic (exact) mass is 342 g/mol. The Balaban J connectivity index is 1.61. The zero-order valence-electron chi connectivity index (χ0n) is 14.4. The molecule has 0 spiro atoms. The van der Waals surface area contributed by atoms with E-state index in [1.165, 1.54) is 12.3 Å². The van der Waals surface area contributed by atoms with Gasteiger partial charge in [0.1, 0.15) is 11.9 Å². The fraction of sp³-hybridized carbons (Fsp3) is 0.389. The van der Waals surface area contributed by atoms with Crippen molar-refractivity contribution >= 4 is 5.91 Å². The van der Waals surface area contributed by atoms with Crippen LogP contribution < -0.4 is 10.3 Å². The summed E-state index contributed by atoms with van der Waals surface area (Å²) in [6.45, 7) is 1.87. The van der Waals surface area contributed by atoms with Crippen LogP contribution in [0.4, 0.5) is 0 Å². The lowest BCUT2D eigenvalue weighted by Crippen LogP contribution is -2.31. The molecule has 0 bridgehead atoms. The Bertz CT molecular complexity index is 803. The number of likely N-dealkylation sites (tertiary alicyclic amines) is 1. The standard InChI is InChI=1S/C18H22N4O3/c1-21(2)11-14-10-15(4-7-19-14)25-16-5-8-22(12-16)18(24)13-3-6-20-17(23)9-13/h3-4,6-7,9-10,16H,5,8,11-12H2,1-2H3,(H,20,23). The van der Waals surface area contributed by atoms with E-state index < -0.39 is 0 Å². The lowest BCUT2D eigenvalue weighted by Gasteiger charge is -2.17. The lowest BCUT2D eigenvalue weighted by atomic mass is 10.2. The smallest absolute Gasteiger partial charge is 0.254 e. The second-order valence-corrected chi connectivity index (χ2v) is 6.44. The van der Waals surface area contributed by atoms with E-state index in [-0.39, 0.29) is 17.6 Å². The first-order valence-corrected chi connectivity index (χ1v) is 8.25. The molecule has 0 saturated carbocycles. The summed E-state index contributed by atoms with van der Waals surface area (Å²) in [5.74, 6) is 0.627. The highest BCUT2D eigenvalue weighted by Crippen LogP contribution is 2.20. The molecule has 1 atom stereocenters. The molecule has 2 aromatic heterocycles. The average molecular weight is 342 g/mol. The van der Waals surface area contributed by atoms with Gasteiger partial charge in [-0.15, -0.1) is 0 Å². The molecule has 1 unspecified atom stereocenters. The first-order chi connectivity index (χ1) is 12.0. The van der Waals surface area contributed by atoms with Crippen LogP contribution in [-0.2, 0) is 6.54 Å². The fourth-order valence-corrected chi connectivity index (χ4v) is 2.90. The van der Waals surface area contributed by atoms with E-state index in [1.54, 1.807) is 17.2 Å². The zero-order chi connectivity index (χ0) is 17.8. The third-order valence-electron chi connectivity index (χ3n) is 4.02. The molecule has 2 aromatic rings.